The summed E-state index contributed by atoms with van der Waals surface area (Å²) in [6.07, 6.45) is 6.62. The van der Waals surface area contributed by atoms with Crippen LogP contribution in [0.5, 0.6) is 0 Å². The molecule has 2 aromatic heterocycles. The third kappa shape index (κ3) is 1.33. The minimum Gasteiger partial charge on any atom is -0.299 e. The number of hydrogen-bond donors (Lipinski definition) is 0. The zero-order chi connectivity index (χ0) is 10.3. The zero-order valence-corrected chi connectivity index (χ0v) is 8.80. The second-order valence-corrected chi connectivity index (χ2v) is 4.10. The average Bonchev–Trinajstić information content (AvgIpc) is 2.83. The van der Waals surface area contributed by atoms with Gasteiger partial charge in [0.2, 0.25) is 0 Å². The minimum atomic E-state index is 0.435. The summed E-state index contributed by atoms with van der Waals surface area (Å²) in [5.74, 6) is 0. The highest BCUT2D eigenvalue weighted by Gasteiger charge is 2.23. The van der Waals surface area contributed by atoms with Gasteiger partial charge >= 0.3 is 0 Å². The van der Waals surface area contributed by atoms with Gasteiger partial charge in [-0.25, -0.2) is 9.97 Å². The predicted molar refractivity (Wildman–Crippen MR) is 58.4 cm³/mol. The van der Waals surface area contributed by atoms with Gasteiger partial charge in [-0.05, 0) is 38.6 Å². The van der Waals surface area contributed by atoms with Crippen molar-refractivity contribution < 1.29 is 0 Å². The summed E-state index contributed by atoms with van der Waals surface area (Å²) in [5.41, 5.74) is 1.98. The standard InChI is InChI=1S/C11H14N4/c1-14-7-3-5-10(14)15-8-13-9-4-2-6-12-11(9)15/h2,4,6,8,10H,3,5,7H2,1H3. The lowest BCUT2D eigenvalue weighted by Gasteiger charge is -2.20. The molecule has 0 N–H and O–H groups in total. The number of nitrogens with zero attached hydrogens (tertiary/aromatic N) is 4. The van der Waals surface area contributed by atoms with Crippen LogP contribution in [0.3, 0.4) is 0 Å². The van der Waals surface area contributed by atoms with Gasteiger partial charge in [-0.15, -0.1) is 0 Å². The monoisotopic (exact) mass is 202 g/mol. The van der Waals surface area contributed by atoms with Crippen LogP contribution in [0.1, 0.15) is 19.0 Å². The molecule has 0 aromatic carbocycles. The van der Waals surface area contributed by atoms with Crippen molar-refractivity contribution in [2.75, 3.05) is 13.6 Å². The van der Waals surface area contributed by atoms with Crippen LogP contribution in [0.25, 0.3) is 11.2 Å². The zero-order valence-electron chi connectivity index (χ0n) is 8.80. The van der Waals surface area contributed by atoms with Crippen molar-refractivity contribution in [3.05, 3.63) is 24.7 Å². The summed E-state index contributed by atoms with van der Waals surface area (Å²) in [5, 5.41) is 0. The van der Waals surface area contributed by atoms with Crippen LogP contribution in [0.2, 0.25) is 0 Å². The van der Waals surface area contributed by atoms with E-state index in [0.29, 0.717) is 6.17 Å². The van der Waals surface area contributed by atoms with Gasteiger partial charge in [0.15, 0.2) is 5.65 Å². The maximum atomic E-state index is 4.39. The number of fused-ring (bicyclic) bond motifs is 1. The molecule has 1 aliphatic heterocycles. The lowest BCUT2D eigenvalue weighted by Crippen LogP contribution is -2.22. The maximum absolute atomic E-state index is 4.39. The normalized spacial score (nSPS) is 22.6. The number of hydrogen-bond acceptors (Lipinski definition) is 3. The largest absolute Gasteiger partial charge is 0.299 e. The van der Waals surface area contributed by atoms with Crippen molar-refractivity contribution >= 4 is 11.2 Å². The van der Waals surface area contributed by atoms with Crippen molar-refractivity contribution in [1.82, 2.24) is 19.4 Å². The molecule has 4 nitrogen and oxygen atoms in total. The Bertz CT molecular complexity index is 476. The fraction of sp³-hybridized carbons (Fsp3) is 0.455. The molecule has 1 unspecified atom stereocenters. The quantitative estimate of drug-likeness (QED) is 0.705. The highest BCUT2D eigenvalue weighted by atomic mass is 15.3. The van der Waals surface area contributed by atoms with Crippen LogP contribution in [-0.2, 0) is 0 Å². The van der Waals surface area contributed by atoms with Crippen LogP contribution in [-0.4, -0.2) is 33.0 Å². The van der Waals surface area contributed by atoms with E-state index in [0.717, 1.165) is 17.7 Å². The molecule has 0 aliphatic carbocycles. The third-order valence-corrected chi connectivity index (χ3v) is 3.13. The van der Waals surface area contributed by atoms with Crippen LogP contribution >= 0.6 is 0 Å². The summed E-state index contributed by atoms with van der Waals surface area (Å²) in [7, 11) is 2.16. The maximum Gasteiger partial charge on any atom is 0.161 e. The SMILES string of the molecule is CN1CCCC1n1cnc2cccnc21. The first-order valence-corrected chi connectivity index (χ1v) is 5.34. The van der Waals surface area contributed by atoms with E-state index < -0.39 is 0 Å². The van der Waals surface area contributed by atoms with Crippen LogP contribution in [0, 0.1) is 0 Å². The first-order valence-electron chi connectivity index (χ1n) is 5.34. The second kappa shape index (κ2) is 3.31. The molecule has 78 valence electrons. The second-order valence-electron chi connectivity index (χ2n) is 4.10. The molecular formula is C11H14N4. The van der Waals surface area contributed by atoms with Gasteiger partial charge < -0.3 is 0 Å². The molecule has 0 bridgehead atoms. The Kier molecular flexibility index (Phi) is 1.95. The Morgan fingerprint density at radius 2 is 2.33 bits per heavy atom. The molecule has 0 spiro atoms. The fourth-order valence-electron chi connectivity index (χ4n) is 2.33. The van der Waals surface area contributed by atoms with Crippen molar-refractivity contribution in [3.8, 4) is 0 Å². The van der Waals surface area contributed by atoms with Crippen LogP contribution in [0.15, 0.2) is 24.7 Å². The number of aromatic nitrogens is 3. The molecule has 1 saturated heterocycles. The first kappa shape index (κ1) is 8.85. The molecule has 3 rings (SSSR count). The molecule has 0 amide bonds. The third-order valence-electron chi connectivity index (χ3n) is 3.13. The lowest BCUT2D eigenvalue weighted by molar-refractivity contribution is 0.242. The van der Waals surface area contributed by atoms with Crippen molar-refractivity contribution in [2.45, 2.75) is 19.0 Å². The molecule has 1 atom stereocenters. The van der Waals surface area contributed by atoms with E-state index in [4.69, 9.17) is 0 Å². The van der Waals surface area contributed by atoms with Crippen LogP contribution < -0.4 is 0 Å². The van der Waals surface area contributed by atoms with E-state index in [1.165, 1.54) is 12.8 Å². The van der Waals surface area contributed by atoms with E-state index in [-0.39, 0.29) is 0 Å². The number of pyridine rings is 1. The number of rotatable bonds is 1. The summed E-state index contributed by atoms with van der Waals surface area (Å²) in [6.45, 7) is 1.16. The van der Waals surface area contributed by atoms with Gasteiger partial charge in [0.05, 0.1) is 12.5 Å². The van der Waals surface area contributed by atoms with Gasteiger partial charge in [0.25, 0.3) is 0 Å². The minimum absolute atomic E-state index is 0.435. The van der Waals surface area contributed by atoms with Crippen molar-refractivity contribution in [1.29, 1.82) is 0 Å². The molecule has 2 aromatic rings. The molecule has 0 saturated carbocycles. The summed E-state index contributed by atoms with van der Waals surface area (Å²) in [6, 6.07) is 3.94. The van der Waals surface area contributed by atoms with E-state index in [9.17, 15) is 0 Å². The smallest absolute Gasteiger partial charge is 0.161 e. The lowest BCUT2D eigenvalue weighted by atomic mass is 10.3. The molecule has 3 heterocycles. The average molecular weight is 202 g/mol. The summed E-state index contributed by atoms with van der Waals surface area (Å²) >= 11 is 0. The number of imidazole rings is 1. The van der Waals surface area contributed by atoms with Gasteiger partial charge in [-0.2, -0.15) is 0 Å². The van der Waals surface area contributed by atoms with Crippen LogP contribution in [0.4, 0.5) is 0 Å². The van der Waals surface area contributed by atoms with E-state index in [1.54, 1.807) is 0 Å². The predicted octanol–water partition coefficient (Wildman–Crippen LogP) is 1.66. The fourth-order valence-corrected chi connectivity index (χ4v) is 2.33. The Morgan fingerprint density at radius 1 is 1.40 bits per heavy atom. The highest BCUT2D eigenvalue weighted by molar-refractivity contribution is 5.70. The molecule has 1 fully saturated rings. The summed E-state index contributed by atoms with van der Waals surface area (Å²) in [4.78, 5) is 11.1. The van der Waals surface area contributed by atoms with Gasteiger partial charge in [-0.1, -0.05) is 0 Å². The van der Waals surface area contributed by atoms with Crippen molar-refractivity contribution in [3.63, 3.8) is 0 Å². The topological polar surface area (TPSA) is 34.0 Å². The molecule has 15 heavy (non-hydrogen) atoms. The Morgan fingerprint density at radius 3 is 3.13 bits per heavy atom. The Labute approximate surface area is 88.6 Å². The summed E-state index contributed by atoms with van der Waals surface area (Å²) < 4.78 is 2.18. The van der Waals surface area contributed by atoms with E-state index >= 15 is 0 Å². The molecular weight excluding hydrogens is 188 g/mol. The van der Waals surface area contributed by atoms with E-state index in [2.05, 4.69) is 26.5 Å². The molecule has 1 aliphatic rings. The highest BCUT2D eigenvalue weighted by Crippen LogP contribution is 2.27. The first-order chi connectivity index (χ1) is 7.36. The van der Waals surface area contributed by atoms with Crippen molar-refractivity contribution in [2.24, 2.45) is 0 Å². The Balaban J connectivity index is 2.10. The molecule has 0 radical (unpaired) electrons. The van der Waals surface area contributed by atoms with E-state index in [1.807, 2.05) is 24.7 Å². The molecule has 4 heteroatoms. The Hall–Kier alpha value is -1.42. The van der Waals surface area contributed by atoms with Gasteiger partial charge in [-0.3, -0.25) is 9.47 Å². The van der Waals surface area contributed by atoms with Gasteiger partial charge in [0, 0.05) is 6.20 Å². The number of likely N-dealkylation sites (tertiary alicyclic amines) is 1. The van der Waals surface area contributed by atoms with Gasteiger partial charge in [0.1, 0.15) is 5.52 Å².